The van der Waals surface area contributed by atoms with Gasteiger partial charge in [-0.25, -0.2) is 0 Å². The Morgan fingerprint density at radius 1 is 0.879 bits per heavy atom. The molecule has 0 aromatic heterocycles. The smallest absolute Gasteiger partial charge is 0.262 e. The molecule has 2 aliphatic heterocycles. The van der Waals surface area contributed by atoms with Crippen molar-refractivity contribution in [3.05, 3.63) is 95.6 Å². The van der Waals surface area contributed by atoms with E-state index < -0.39 is 17.9 Å². The Bertz CT molecular complexity index is 1210. The van der Waals surface area contributed by atoms with Crippen molar-refractivity contribution in [1.82, 2.24) is 4.90 Å². The Labute approximate surface area is 192 Å². The van der Waals surface area contributed by atoms with Gasteiger partial charge in [0.15, 0.2) is 0 Å². The molecule has 2 heterocycles. The minimum atomic E-state index is -0.911. The summed E-state index contributed by atoms with van der Waals surface area (Å²) in [6.45, 7) is 3.64. The van der Waals surface area contributed by atoms with E-state index in [0.29, 0.717) is 17.5 Å². The predicted octanol–water partition coefficient (Wildman–Crippen LogP) is 4.65. The molecule has 0 fully saturated rings. The number of hydrogen-bond acceptors (Lipinski definition) is 4. The van der Waals surface area contributed by atoms with E-state index in [-0.39, 0.29) is 18.0 Å². The molecule has 1 N–H and O–H groups in total. The molecule has 0 bridgehead atoms. The summed E-state index contributed by atoms with van der Waals surface area (Å²) in [5.41, 5.74) is 3.53. The van der Waals surface area contributed by atoms with Gasteiger partial charge in [0.25, 0.3) is 11.8 Å². The molecular weight excluding hydrogens is 414 g/mol. The lowest BCUT2D eigenvalue weighted by Crippen LogP contribution is -2.54. The Kier molecular flexibility index (Phi) is 5.21. The molecule has 2 aliphatic rings. The van der Waals surface area contributed by atoms with Gasteiger partial charge in [0.05, 0.1) is 17.2 Å². The molecule has 3 aromatic rings. The van der Waals surface area contributed by atoms with Gasteiger partial charge >= 0.3 is 0 Å². The quantitative estimate of drug-likeness (QED) is 0.601. The van der Waals surface area contributed by atoms with Crippen LogP contribution in [-0.2, 0) is 4.79 Å². The number of rotatable bonds is 4. The van der Waals surface area contributed by atoms with E-state index in [0.717, 1.165) is 21.8 Å². The second-order valence-corrected chi connectivity index (χ2v) is 8.62. The standard InChI is InChI=1S/C27H25N3O3/c1-17-16-23(28-19-10-4-3-5-11-19)22-14-8-9-15-24(22)29(17)25(31)18(2)30-26(32)20-12-6-7-13-21(20)27(30)33/h3-15,17-18,23,28H,16H2,1-2H3/t17-,18-,23-/m1/s1. The number of benzene rings is 3. The largest absolute Gasteiger partial charge is 0.378 e. The Morgan fingerprint density at radius 3 is 2.12 bits per heavy atom. The molecule has 0 unspecified atom stereocenters. The van der Waals surface area contributed by atoms with Crippen LogP contribution in [0.2, 0.25) is 0 Å². The van der Waals surface area contributed by atoms with Gasteiger partial charge in [-0.3, -0.25) is 19.3 Å². The number of hydrogen-bond donors (Lipinski definition) is 1. The summed E-state index contributed by atoms with van der Waals surface area (Å²) < 4.78 is 0. The zero-order chi connectivity index (χ0) is 23.1. The average Bonchev–Trinajstić information content (AvgIpc) is 3.09. The molecule has 3 atom stereocenters. The minimum absolute atomic E-state index is 0.0391. The van der Waals surface area contributed by atoms with Crippen LogP contribution in [0.3, 0.4) is 0 Å². The monoisotopic (exact) mass is 439 g/mol. The summed E-state index contributed by atoms with van der Waals surface area (Å²) in [6, 6.07) is 23.5. The van der Waals surface area contributed by atoms with Crippen LogP contribution in [0.1, 0.15) is 52.6 Å². The normalized spacial score (nSPS) is 20.3. The number of anilines is 2. The number of fused-ring (bicyclic) bond motifs is 2. The van der Waals surface area contributed by atoms with Crippen molar-refractivity contribution >= 4 is 29.1 Å². The third-order valence-electron chi connectivity index (χ3n) is 6.51. The summed E-state index contributed by atoms with van der Waals surface area (Å²) in [4.78, 5) is 42.4. The fourth-order valence-electron chi connectivity index (χ4n) is 4.89. The lowest BCUT2D eigenvalue weighted by atomic mass is 9.90. The summed E-state index contributed by atoms with van der Waals surface area (Å²) in [5.74, 6) is -1.10. The summed E-state index contributed by atoms with van der Waals surface area (Å²) >= 11 is 0. The first kappa shape index (κ1) is 20.9. The van der Waals surface area contributed by atoms with Gasteiger partial charge in [0.2, 0.25) is 5.91 Å². The molecule has 33 heavy (non-hydrogen) atoms. The topological polar surface area (TPSA) is 69.7 Å². The molecule has 3 amide bonds. The van der Waals surface area contributed by atoms with Gasteiger partial charge in [-0.15, -0.1) is 0 Å². The van der Waals surface area contributed by atoms with Gasteiger partial charge in [-0.1, -0.05) is 48.5 Å². The first-order valence-corrected chi connectivity index (χ1v) is 11.2. The molecule has 0 radical (unpaired) electrons. The van der Waals surface area contributed by atoms with Crippen molar-refractivity contribution in [2.24, 2.45) is 0 Å². The third-order valence-corrected chi connectivity index (χ3v) is 6.51. The average molecular weight is 440 g/mol. The number of nitrogens with one attached hydrogen (secondary N) is 1. The molecule has 0 spiro atoms. The summed E-state index contributed by atoms with van der Waals surface area (Å²) in [7, 11) is 0. The van der Waals surface area contributed by atoms with Crippen molar-refractivity contribution in [2.45, 2.75) is 38.4 Å². The lowest BCUT2D eigenvalue weighted by Gasteiger charge is -2.41. The van der Waals surface area contributed by atoms with Gasteiger partial charge in [0.1, 0.15) is 6.04 Å². The van der Waals surface area contributed by atoms with E-state index in [9.17, 15) is 14.4 Å². The molecule has 166 valence electrons. The molecule has 5 rings (SSSR count). The number of carbonyl (C=O) groups is 3. The van der Waals surface area contributed by atoms with Crippen LogP contribution in [0.15, 0.2) is 78.9 Å². The van der Waals surface area contributed by atoms with Crippen LogP contribution in [0.4, 0.5) is 11.4 Å². The third kappa shape index (κ3) is 3.48. The van der Waals surface area contributed by atoms with E-state index >= 15 is 0 Å². The predicted molar refractivity (Wildman–Crippen MR) is 127 cm³/mol. The number of carbonyl (C=O) groups excluding carboxylic acids is 3. The van der Waals surface area contributed by atoms with Crippen LogP contribution < -0.4 is 10.2 Å². The highest BCUT2D eigenvalue weighted by Gasteiger charge is 2.44. The minimum Gasteiger partial charge on any atom is -0.378 e. The second-order valence-electron chi connectivity index (χ2n) is 8.62. The molecular formula is C27H25N3O3. The molecule has 3 aromatic carbocycles. The molecule has 0 saturated carbocycles. The van der Waals surface area contributed by atoms with Crippen LogP contribution in [0.25, 0.3) is 0 Å². The fourth-order valence-corrected chi connectivity index (χ4v) is 4.89. The molecule has 6 nitrogen and oxygen atoms in total. The maximum atomic E-state index is 13.7. The highest BCUT2D eigenvalue weighted by atomic mass is 16.2. The first-order chi connectivity index (χ1) is 16.0. The van der Waals surface area contributed by atoms with Crippen molar-refractivity contribution in [3.63, 3.8) is 0 Å². The highest BCUT2D eigenvalue weighted by molar-refractivity contribution is 6.23. The molecule has 0 aliphatic carbocycles. The first-order valence-electron chi connectivity index (χ1n) is 11.2. The SMILES string of the molecule is C[C@H](C(=O)N1c2ccccc2[C@H](Nc2ccccc2)C[C@H]1C)N1C(=O)c2ccccc2C1=O. The van der Waals surface area contributed by atoms with E-state index in [1.54, 1.807) is 36.1 Å². The fraction of sp³-hybridized carbons (Fsp3) is 0.222. The van der Waals surface area contributed by atoms with Crippen LogP contribution in [-0.4, -0.2) is 34.7 Å². The number of para-hydroxylation sites is 2. The van der Waals surface area contributed by atoms with E-state index in [1.165, 1.54) is 0 Å². The number of amides is 3. The van der Waals surface area contributed by atoms with Gasteiger partial charge in [-0.2, -0.15) is 0 Å². The molecule has 6 heteroatoms. The lowest BCUT2D eigenvalue weighted by molar-refractivity contribution is -0.122. The number of imide groups is 1. The van der Waals surface area contributed by atoms with Gasteiger partial charge < -0.3 is 10.2 Å². The second kappa shape index (κ2) is 8.20. The van der Waals surface area contributed by atoms with Crippen molar-refractivity contribution in [1.29, 1.82) is 0 Å². The van der Waals surface area contributed by atoms with Crippen LogP contribution in [0, 0.1) is 0 Å². The van der Waals surface area contributed by atoms with Crippen molar-refractivity contribution in [3.8, 4) is 0 Å². The Hall–Kier alpha value is -3.93. The molecule has 0 saturated heterocycles. The highest BCUT2D eigenvalue weighted by Crippen LogP contribution is 2.39. The summed E-state index contributed by atoms with van der Waals surface area (Å²) in [6.07, 6.45) is 0.701. The Morgan fingerprint density at radius 2 is 1.45 bits per heavy atom. The summed E-state index contributed by atoms with van der Waals surface area (Å²) in [5, 5.41) is 3.58. The van der Waals surface area contributed by atoms with Gasteiger partial charge in [0, 0.05) is 17.4 Å². The van der Waals surface area contributed by atoms with Crippen LogP contribution >= 0.6 is 0 Å². The zero-order valence-electron chi connectivity index (χ0n) is 18.6. The van der Waals surface area contributed by atoms with E-state index in [4.69, 9.17) is 0 Å². The van der Waals surface area contributed by atoms with Crippen molar-refractivity contribution < 1.29 is 14.4 Å². The van der Waals surface area contributed by atoms with Crippen molar-refractivity contribution in [2.75, 3.05) is 10.2 Å². The Balaban J connectivity index is 1.45. The maximum absolute atomic E-state index is 13.7. The number of nitrogens with zero attached hydrogens (tertiary/aromatic N) is 2. The van der Waals surface area contributed by atoms with E-state index in [1.807, 2.05) is 61.5 Å². The van der Waals surface area contributed by atoms with Gasteiger partial charge in [-0.05, 0) is 56.2 Å². The zero-order valence-corrected chi connectivity index (χ0v) is 18.6. The van der Waals surface area contributed by atoms with E-state index in [2.05, 4.69) is 5.32 Å². The maximum Gasteiger partial charge on any atom is 0.262 e. The van der Waals surface area contributed by atoms with Crippen LogP contribution in [0.5, 0.6) is 0 Å².